The molecule has 1 saturated carbocycles. The molecule has 1 N–H and O–H groups in total. The fourth-order valence-corrected chi connectivity index (χ4v) is 2.25. The van der Waals surface area contributed by atoms with Gasteiger partial charge >= 0.3 is 0 Å². The highest BCUT2D eigenvalue weighted by atomic mass is 19.1. The zero-order valence-corrected chi connectivity index (χ0v) is 10.5. The molecule has 1 aliphatic carbocycles. The molecule has 0 aliphatic heterocycles. The normalized spacial score (nSPS) is 17.1. The molecule has 0 amide bonds. The number of halogens is 1. The molecule has 2 rings (SSSR count). The summed E-state index contributed by atoms with van der Waals surface area (Å²) in [5, 5.41) is 3.60. The van der Waals surface area contributed by atoms with E-state index in [9.17, 15) is 4.39 Å². The molecule has 1 unspecified atom stereocenters. The molecule has 0 aromatic carbocycles. The summed E-state index contributed by atoms with van der Waals surface area (Å²) in [4.78, 5) is 3.89. The third-order valence-electron chi connectivity index (χ3n) is 3.35. The highest BCUT2D eigenvalue weighted by molar-refractivity contribution is 5.10. The van der Waals surface area contributed by atoms with Gasteiger partial charge in [-0.3, -0.25) is 4.98 Å². The van der Waals surface area contributed by atoms with Crippen LogP contribution < -0.4 is 5.32 Å². The summed E-state index contributed by atoms with van der Waals surface area (Å²) >= 11 is 0. The molecule has 1 atom stereocenters. The maximum absolute atomic E-state index is 13.0. The van der Waals surface area contributed by atoms with Crippen molar-refractivity contribution >= 4 is 0 Å². The Bertz CT molecular complexity index is 350. The van der Waals surface area contributed by atoms with Crippen LogP contribution in [0.25, 0.3) is 0 Å². The second kappa shape index (κ2) is 6.10. The second-order valence-corrected chi connectivity index (χ2v) is 4.95. The van der Waals surface area contributed by atoms with Gasteiger partial charge in [-0.15, -0.1) is 0 Å². The number of pyridine rings is 1. The zero-order valence-electron chi connectivity index (χ0n) is 10.5. The average molecular weight is 236 g/mol. The van der Waals surface area contributed by atoms with E-state index in [1.165, 1.54) is 25.5 Å². The van der Waals surface area contributed by atoms with Crippen molar-refractivity contribution in [3.63, 3.8) is 0 Å². The summed E-state index contributed by atoms with van der Waals surface area (Å²) in [5.41, 5.74) is 1.01. The number of rotatable bonds is 7. The lowest BCUT2D eigenvalue weighted by Gasteiger charge is -2.17. The molecule has 0 radical (unpaired) electrons. The quantitative estimate of drug-likeness (QED) is 0.787. The number of aromatic nitrogens is 1. The van der Waals surface area contributed by atoms with E-state index in [4.69, 9.17) is 0 Å². The van der Waals surface area contributed by atoms with Crippen LogP contribution in [0.2, 0.25) is 0 Å². The van der Waals surface area contributed by atoms with Crippen LogP contribution in [0.4, 0.5) is 4.39 Å². The van der Waals surface area contributed by atoms with E-state index in [1.54, 1.807) is 12.3 Å². The predicted molar refractivity (Wildman–Crippen MR) is 67.3 cm³/mol. The molecule has 1 aromatic rings. The number of nitrogens with one attached hydrogen (secondary N) is 1. The third-order valence-corrected chi connectivity index (χ3v) is 3.35. The summed E-state index contributed by atoms with van der Waals surface area (Å²) in [5.74, 6) is 0.620. The fourth-order valence-electron chi connectivity index (χ4n) is 2.25. The SMILES string of the molecule is CCCNC(CCc1cncc(F)c1)C1CC1. The van der Waals surface area contributed by atoms with Crippen LogP contribution in [0.1, 0.15) is 38.2 Å². The van der Waals surface area contributed by atoms with E-state index in [1.807, 2.05) is 0 Å². The van der Waals surface area contributed by atoms with Crippen molar-refractivity contribution in [2.75, 3.05) is 6.54 Å². The average Bonchev–Trinajstić information content (AvgIpc) is 3.13. The van der Waals surface area contributed by atoms with Gasteiger partial charge in [0.1, 0.15) is 5.82 Å². The van der Waals surface area contributed by atoms with E-state index in [2.05, 4.69) is 17.2 Å². The maximum atomic E-state index is 13.0. The lowest BCUT2D eigenvalue weighted by Crippen LogP contribution is -2.32. The van der Waals surface area contributed by atoms with E-state index in [0.717, 1.165) is 30.9 Å². The highest BCUT2D eigenvalue weighted by Crippen LogP contribution is 2.34. The van der Waals surface area contributed by atoms with Crippen LogP contribution in [0.5, 0.6) is 0 Å². The van der Waals surface area contributed by atoms with Crippen LogP contribution in [-0.4, -0.2) is 17.6 Å². The van der Waals surface area contributed by atoms with Gasteiger partial charge in [0.25, 0.3) is 0 Å². The van der Waals surface area contributed by atoms with Crippen LogP contribution in [0.15, 0.2) is 18.5 Å². The predicted octanol–water partition coefficient (Wildman–Crippen LogP) is 2.93. The van der Waals surface area contributed by atoms with Crippen LogP contribution in [0.3, 0.4) is 0 Å². The minimum Gasteiger partial charge on any atom is -0.314 e. The fraction of sp³-hybridized carbons (Fsp3) is 0.643. The minimum atomic E-state index is -0.230. The van der Waals surface area contributed by atoms with Gasteiger partial charge in [0, 0.05) is 12.2 Å². The standard InChI is InChI=1S/C14H21FN2/c1-2-7-17-14(12-4-5-12)6-3-11-8-13(15)10-16-9-11/h8-10,12,14,17H,2-7H2,1H3. The Morgan fingerprint density at radius 2 is 2.29 bits per heavy atom. The molecular weight excluding hydrogens is 215 g/mol. The van der Waals surface area contributed by atoms with Gasteiger partial charge in [-0.05, 0) is 56.2 Å². The molecular formula is C14H21FN2. The van der Waals surface area contributed by atoms with Gasteiger partial charge < -0.3 is 5.32 Å². The first-order valence-electron chi connectivity index (χ1n) is 6.62. The summed E-state index contributed by atoms with van der Waals surface area (Å²) in [6, 6.07) is 2.20. The molecule has 0 bridgehead atoms. The largest absolute Gasteiger partial charge is 0.314 e. The first kappa shape index (κ1) is 12.5. The van der Waals surface area contributed by atoms with E-state index < -0.39 is 0 Å². The van der Waals surface area contributed by atoms with Crippen molar-refractivity contribution in [1.29, 1.82) is 0 Å². The number of hydrogen-bond donors (Lipinski definition) is 1. The monoisotopic (exact) mass is 236 g/mol. The Morgan fingerprint density at radius 3 is 2.94 bits per heavy atom. The Hall–Kier alpha value is -0.960. The van der Waals surface area contributed by atoms with Gasteiger partial charge in [-0.25, -0.2) is 4.39 Å². The topological polar surface area (TPSA) is 24.9 Å². The van der Waals surface area contributed by atoms with Crippen molar-refractivity contribution in [3.8, 4) is 0 Å². The van der Waals surface area contributed by atoms with Gasteiger partial charge in [-0.1, -0.05) is 6.92 Å². The third kappa shape index (κ3) is 4.08. The molecule has 1 aliphatic rings. The zero-order chi connectivity index (χ0) is 12.1. The summed E-state index contributed by atoms with van der Waals surface area (Å²) < 4.78 is 13.0. The van der Waals surface area contributed by atoms with Crippen molar-refractivity contribution in [2.45, 2.75) is 45.1 Å². The Kier molecular flexibility index (Phi) is 4.49. The van der Waals surface area contributed by atoms with Crippen molar-refractivity contribution in [3.05, 3.63) is 29.8 Å². The van der Waals surface area contributed by atoms with E-state index in [0.29, 0.717) is 6.04 Å². The van der Waals surface area contributed by atoms with Crippen LogP contribution in [-0.2, 0) is 6.42 Å². The molecule has 0 spiro atoms. The summed E-state index contributed by atoms with van der Waals surface area (Å²) in [7, 11) is 0. The van der Waals surface area contributed by atoms with Crippen LogP contribution in [0, 0.1) is 11.7 Å². The van der Waals surface area contributed by atoms with Gasteiger partial charge in [-0.2, -0.15) is 0 Å². The molecule has 1 heterocycles. The number of nitrogens with zero attached hydrogens (tertiary/aromatic N) is 1. The van der Waals surface area contributed by atoms with Gasteiger partial charge in [0.05, 0.1) is 6.20 Å². The van der Waals surface area contributed by atoms with Crippen molar-refractivity contribution in [1.82, 2.24) is 10.3 Å². The Balaban J connectivity index is 1.82. The Morgan fingerprint density at radius 1 is 1.47 bits per heavy atom. The lowest BCUT2D eigenvalue weighted by molar-refractivity contribution is 0.435. The summed E-state index contributed by atoms with van der Waals surface area (Å²) in [6.07, 6.45) is 8.92. The molecule has 94 valence electrons. The first-order valence-corrected chi connectivity index (χ1v) is 6.62. The minimum absolute atomic E-state index is 0.230. The van der Waals surface area contributed by atoms with E-state index in [-0.39, 0.29) is 5.82 Å². The molecule has 1 aromatic heterocycles. The van der Waals surface area contributed by atoms with Crippen molar-refractivity contribution < 1.29 is 4.39 Å². The molecule has 17 heavy (non-hydrogen) atoms. The first-order chi connectivity index (χ1) is 8.29. The molecule has 3 heteroatoms. The van der Waals surface area contributed by atoms with Gasteiger partial charge in [0.2, 0.25) is 0 Å². The molecule has 2 nitrogen and oxygen atoms in total. The number of hydrogen-bond acceptors (Lipinski definition) is 2. The smallest absolute Gasteiger partial charge is 0.141 e. The van der Waals surface area contributed by atoms with E-state index >= 15 is 0 Å². The second-order valence-electron chi connectivity index (χ2n) is 4.95. The van der Waals surface area contributed by atoms with Crippen molar-refractivity contribution in [2.24, 2.45) is 5.92 Å². The Labute approximate surface area is 103 Å². The number of aryl methyl sites for hydroxylation is 1. The van der Waals surface area contributed by atoms with Crippen LogP contribution >= 0.6 is 0 Å². The summed E-state index contributed by atoms with van der Waals surface area (Å²) in [6.45, 7) is 3.27. The highest BCUT2D eigenvalue weighted by Gasteiger charge is 2.30. The molecule has 1 fully saturated rings. The maximum Gasteiger partial charge on any atom is 0.141 e. The lowest BCUT2D eigenvalue weighted by atomic mass is 10.0. The van der Waals surface area contributed by atoms with Gasteiger partial charge in [0.15, 0.2) is 0 Å². The molecule has 0 saturated heterocycles.